The second kappa shape index (κ2) is 6.79. The van der Waals surface area contributed by atoms with E-state index in [4.69, 9.17) is 0 Å². The van der Waals surface area contributed by atoms with Crippen molar-refractivity contribution in [2.24, 2.45) is 11.3 Å². The van der Waals surface area contributed by atoms with Crippen LogP contribution in [-0.4, -0.2) is 0 Å². The van der Waals surface area contributed by atoms with E-state index in [0.29, 0.717) is 5.41 Å². The Kier molecular flexibility index (Phi) is 4.58. The van der Waals surface area contributed by atoms with Gasteiger partial charge in [0.2, 0.25) is 0 Å². The van der Waals surface area contributed by atoms with Crippen molar-refractivity contribution < 1.29 is 0 Å². The van der Waals surface area contributed by atoms with Gasteiger partial charge in [0, 0.05) is 0 Å². The van der Waals surface area contributed by atoms with Crippen LogP contribution in [0.1, 0.15) is 37.3 Å². The Bertz CT molecular complexity index is 636. The van der Waals surface area contributed by atoms with Crippen LogP contribution < -0.4 is 0 Å². The summed E-state index contributed by atoms with van der Waals surface area (Å²) in [5.41, 5.74) is 3.01. The largest absolute Gasteiger partial charge is 0.0839 e. The maximum absolute atomic E-state index is 2.41. The fraction of sp³-hybridized carbons (Fsp3) is 0.273. The Morgan fingerprint density at radius 2 is 1.50 bits per heavy atom. The van der Waals surface area contributed by atoms with E-state index in [1.165, 1.54) is 30.4 Å². The topological polar surface area (TPSA) is 0 Å². The van der Waals surface area contributed by atoms with Gasteiger partial charge >= 0.3 is 0 Å². The minimum atomic E-state index is 0.413. The molecule has 0 aliphatic heterocycles. The molecule has 22 heavy (non-hydrogen) atoms. The van der Waals surface area contributed by atoms with Gasteiger partial charge in [0.15, 0.2) is 0 Å². The van der Waals surface area contributed by atoms with Crippen LogP contribution in [-0.2, 0) is 0 Å². The first-order chi connectivity index (χ1) is 10.8. The van der Waals surface area contributed by atoms with Gasteiger partial charge in [-0.25, -0.2) is 0 Å². The van der Waals surface area contributed by atoms with E-state index in [-0.39, 0.29) is 0 Å². The van der Waals surface area contributed by atoms with Crippen LogP contribution in [0.15, 0.2) is 72.8 Å². The van der Waals surface area contributed by atoms with E-state index in [1.807, 2.05) is 0 Å². The number of benzene rings is 2. The fourth-order valence-corrected chi connectivity index (χ4v) is 3.04. The smallest absolute Gasteiger partial charge is 0.0112 e. The van der Waals surface area contributed by atoms with Gasteiger partial charge < -0.3 is 0 Å². The zero-order valence-electron chi connectivity index (χ0n) is 13.3. The highest BCUT2D eigenvalue weighted by molar-refractivity contribution is 5.51. The number of rotatable bonds is 6. The van der Waals surface area contributed by atoms with Crippen LogP contribution in [0.5, 0.6) is 0 Å². The standard InChI is InChI=1S/C22H24/c1-22(17-16-20-12-6-3-7-13-20)18-21(22)15-9-8-14-19-10-4-2-5-11-19/h2-8,10-14,16-17,21H,9,15,18H2,1H3/b14-8+,17-16+. The Balaban J connectivity index is 1.46. The van der Waals surface area contributed by atoms with Gasteiger partial charge in [-0.15, -0.1) is 0 Å². The Morgan fingerprint density at radius 1 is 0.909 bits per heavy atom. The molecule has 1 aliphatic rings. The molecule has 2 aromatic rings. The van der Waals surface area contributed by atoms with E-state index in [9.17, 15) is 0 Å². The molecule has 0 radical (unpaired) electrons. The number of hydrogen-bond donors (Lipinski definition) is 0. The SMILES string of the molecule is CC1(/C=C/c2ccccc2)CC1CC/C=C/c1ccccc1. The van der Waals surface area contributed by atoms with Crippen molar-refractivity contribution in [1.29, 1.82) is 0 Å². The molecule has 0 nitrogen and oxygen atoms in total. The van der Waals surface area contributed by atoms with Crippen molar-refractivity contribution >= 4 is 12.2 Å². The summed E-state index contributed by atoms with van der Waals surface area (Å²) >= 11 is 0. The first kappa shape index (κ1) is 14.8. The first-order valence-corrected chi connectivity index (χ1v) is 8.22. The summed E-state index contributed by atoms with van der Waals surface area (Å²) < 4.78 is 0. The lowest BCUT2D eigenvalue weighted by Crippen LogP contribution is -1.92. The zero-order chi connectivity index (χ0) is 15.3. The summed E-state index contributed by atoms with van der Waals surface area (Å²) in [6.07, 6.45) is 13.0. The molecule has 2 unspecified atom stereocenters. The van der Waals surface area contributed by atoms with Crippen molar-refractivity contribution in [2.75, 3.05) is 0 Å². The molecule has 1 saturated carbocycles. The molecule has 0 aromatic heterocycles. The average molecular weight is 288 g/mol. The highest BCUT2D eigenvalue weighted by Gasteiger charge is 2.46. The zero-order valence-corrected chi connectivity index (χ0v) is 13.3. The van der Waals surface area contributed by atoms with Crippen molar-refractivity contribution in [2.45, 2.75) is 26.2 Å². The van der Waals surface area contributed by atoms with Gasteiger partial charge in [-0.3, -0.25) is 0 Å². The van der Waals surface area contributed by atoms with Crippen LogP contribution in [0.2, 0.25) is 0 Å². The minimum absolute atomic E-state index is 0.413. The maximum atomic E-state index is 2.41. The molecule has 112 valence electrons. The van der Waals surface area contributed by atoms with Gasteiger partial charge in [0.1, 0.15) is 0 Å². The minimum Gasteiger partial charge on any atom is -0.0839 e. The molecule has 1 fully saturated rings. The third kappa shape index (κ3) is 3.98. The van der Waals surface area contributed by atoms with Crippen molar-refractivity contribution in [1.82, 2.24) is 0 Å². The second-order valence-corrected chi connectivity index (χ2v) is 6.54. The van der Waals surface area contributed by atoms with Crippen LogP contribution in [0.25, 0.3) is 12.2 Å². The molecule has 0 amide bonds. The third-order valence-electron chi connectivity index (χ3n) is 4.71. The summed E-state index contributed by atoms with van der Waals surface area (Å²) in [5.74, 6) is 0.841. The first-order valence-electron chi connectivity index (χ1n) is 8.22. The summed E-state index contributed by atoms with van der Waals surface area (Å²) in [6.45, 7) is 2.39. The quantitative estimate of drug-likeness (QED) is 0.592. The molecule has 0 spiro atoms. The van der Waals surface area contributed by atoms with Crippen molar-refractivity contribution in [3.63, 3.8) is 0 Å². The van der Waals surface area contributed by atoms with E-state index < -0.39 is 0 Å². The average Bonchev–Trinajstić information content (AvgIpc) is 3.22. The van der Waals surface area contributed by atoms with E-state index in [1.54, 1.807) is 0 Å². The van der Waals surface area contributed by atoms with Gasteiger partial charge in [-0.1, -0.05) is 91.9 Å². The molecule has 3 rings (SSSR count). The normalized spacial score (nSPS) is 24.1. The Hall–Kier alpha value is -2.08. The van der Waals surface area contributed by atoms with Gasteiger partial charge in [0.25, 0.3) is 0 Å². The fourth-order valence-electron chi connectivity index (χ4n) is 3.04. The van der Waals surface area contributed by atoms with Crippen molar-refractivity contribution in [3.8, 4) is 0 Å². The molecular formula is C22H24. The second-order valence-electron chi connectivity index (χ2n) is 6.54. The van der Waals surface area contributed by atoms with Crippen LogP contribution >= 0.6 is 0 Å². The summed E-state index contributed by atoms with van der Waals surface area (Å²) in [5, 5.41) is 0. The molecule has 0 heteroatoms. The highest BCUT2D eigenvalue weighted by Crippen LogP contribution is 2.56. The molecule has 1 aliphatic carbocycles. The summed E-state index contributed by atoms with van der Waals surface area (Å²) in [4.78, 5) is 0. The molecule has 2 aromatic carbocycles. The van der Waals surface area contributed by atoms with Gasteiger partial charge in [-0.05, 0) is 41.7 Å². The molecule has 0 saturated heterocycles. The van der Waals surface area contributed by atoms with Crippen LogP contribution in [0.3, 0.4) is 0 Å². The van der Waals surface area contributed by atoms with Gasteiger partial charge in [-0.2, -0.15) is 0 Å². The monoisotopic (exact) mass is 288 g/mol. The highest BCUT2D eigenvalue weighted by atomic mass is 14.5. The van der Waals surface area contributed by atoms with E-state index in [2.05, 4.69) is 91.9 Å². The predicted octanol–water partition coefficient (Wildman–Crippen LogP) is 6.22. The summed E-state index contributed by atoms with van der Waals surface area (Å²) in [6, 6.07) is 21.1. The van der Waals surface area contributed by atoms with Crippen LogP contribution in [0.4, 0.5) is 0 Å². The van der Waals surface area contributed by atoms with Crippen LogP contribution in [0, 0.1) is 11.3 Å². The number of allylic oxidation sites excluding steroid dienone is 2. The molecular weight excluding hydrogens is 264 g/mol. The Morgan fingerprint density at radius 3 is 2.14 bits per heavy atom. The molecule has 0 heterocycles. The van der Waals surface area contributed by atoms with E-state index >= 15 is 0 Å². The molecule has 0 N–H and O–H groups in total. The lowest BCUT2D eigenvalue weighted by molar-refractivity contribution is 0.594. The lowest BCUT2D eigenvalue weighted by atomic mass is 10.0. The maximum Gasteiger partial charge on any atom is -0.0112 e. The summed E-state index contributed by atoms with van der Waals surface area (Å²) in [7, 11) is 0. The van der Waals surface area contributed by atoms with E-state index in [0.717, 1.165) is 5.92 Å². The molecule has 0 bridgehead atoms. The Labute approximate surface area is 134 Å². The van der Waals surface area contributed by atoms with Crippen molar-refractivity contribution in [3.05, 3.63) is 83.9 Å². The number of hydrogen-bond acceptors (Lipinski definition) is 0. The molecule has 2 atom stereocenters. The predicted molar refractivity (Wildman–Crippen MR) is 96.4 cm³/mol. The lowest BCUT2D eigenvalue weighted by Gasteiger charge is -2.04. The third-order valence-corrected chi connectivity index (χ3v) is 4.71. The van der Waals surface area contributed by atoms with Gasteiger partial charge in [0.05, 0.1) is 0 Å².